The van der Waals surface area contributed by atoms with Crippen molar-refractivity contribution in [3.05, 3.63) is 34.2 Å². The van der Waals surface area contributed by atoms with Crippen LogP contribution in [0, 0.1) is 0 Å². The molecule has 1 aliphatic heterocycles. The number of aromatic nitrogens is 1. The lowest BCUT2D eigenvalue weighted by atomic mass is 10.2. The standard InChI is InChI=1S/C8H9NO3/c1-11-8-7(12-8)5-2-3-6(10)9-4-5/h2-4,7-8H,1H3,(H,9,10). The summed E-state index contributed by atoms with van der Waals surface area (Å²) in [5, 5.41) is 0. The Morgan fingerprint density at radius 1 is 1.58 bits per heavy atom. The van der Waals surface area contributed by atoms with Crippen LogP contribution in [0.25, 0.3) is 0 Å². The minimum absolute atomic E-state index is 0.00755. The Labute approximate surface area is 69.1 Å². The lowest BCUT2D eigenvalue weighted by Crippen LogP contribution is -2.03. The maximum atomic E-state index is 10.7. The van der Waals surface area contributed by atoms with Crippen molar-refractivity contribution < 1.29 is 9.47 Å². The van der Waals surface area contributed by atoms with E-state index in [4.69, 9.17) is 9.47 Å². The van der Waals surface area contributed by atoms with E-state index < -0.39 is 0 Å². The van der Waals surface area contributed by atoms with E-state index in [0.717, 1.165) is 5.56 Å². The molecule has 2 heterocycles. The van der Waals surface area contributed by atoms with Crippen LogP contribution < -0.4 is 5.56 Å². The minimum Gasteiger partial charge on any atom is -0.353 e. The molecular formula is C8H9NO3. The third-order valence-corrected chi connectivity index (χ3v) is 1.82. The van der Waals surface area contributed by atoms with Crippen LogP contribution in [0.1, 0.15) is 11.7 Å². The molecule has 12 heavy (non-hydrogen) atoms. The first-order chi connectivity index (χ1) is 5.81. The van der Waals surface area contributed by atoms with Crippen LogP contribution >= 0.6 is 0 Å². The van der Waals surface area contributed by atoms with Gasteiger partial charge in [-0.25, -0.2) is 0 Å². The van der Waals surface area contributed by atoms with Crippen LogP contribution in [0.2, 0.25) is 0 Å². The van der Waals surface area contributed by atoms with Gasteiger partial charge >= 0.3 is 0 Å². The van der Waals surface area contributed by atoms with Gasteiger partial charge in [0.2, 0.25) is 5.56 Å². The number of epoxide rings is 1. The number of nitrogens with one attached hydrogen (secondary N) is 1. The fraction of sp³-hybridized carbons (Fsp3) is 0.375. The SMILES string of the molecule is COC1OC1c1ccc(=O)[nH]c1. The topological polar surface area (TPSA) is 54.6 Å². The summed E-state index contributed by atoms with van der Waals surface area (Å²) in [4.78, 5) is 13.3. The Kier molecular flexibility index (Phi) is 1.71. The van der Waals surface area contributed by atoms with Gasteiger partial charge in [-0.3, -0.25) is 4.79 Å². The molecule has 4 nitrogen and oxygen atoms in total. The zero-order valence-corrected chi connectivity index (χ0v) is 6.61. The van der Waals surface area contributed by atoms with Gasteiger partial charge in [0.1, 0.15) is 6.10 Å². The summed E-state index contributed by atoms with van der Waals surface area (Å²) in [7, 11) is 1.59. The summed E-state index contributed by atoms with van der Waals surface area (Å²) in [5.41, 5.74) is 0.842. The van der Waals surface area contributed by atoms with Gasteiger partial charge in [-0.05, 0) is 6.07 Å². The number of H-pyrrole nitrogens is 1. The summed E-state index contributed by atoms with van der Waals surface area (Å²) in [6.45, 7) is 0. The molecule has 4 heteroatoms. The summed E-state index contributed by atoms with van der Waals surface area (Å²) >= 11 is 0. The lowest BCUT2D eigenvalue weighted by molar-refractivity contribution is 0.0950. The molecule has 0 spiro atoms. The van der Waals surface area contributed by atoms with Gasteiger partial charge in [0.15, 0.2) is 6.29 Å². The van der Waals surface area contributed by atoms with Gasteiger partial charge in [-0.1, -0.05) is 0 Å². The van der Waals surface area contributed by atoms with E-state index in [0.29, 0.717) is 0 Å². The zero-order chi connectivity index (χ0) is 8.55. The van der Waals surface area contributed by atoms with Crippen molar-refractivity contribution in [2.45, 2.75) is 12.4 Å². The first-order valence-electron chi connectivity index (χ1n) is 3.68. The van der Waals surface area contributed by atoms with Crippen molar-refractivity contribution in [1.29, 1.82) is 0 Å². The first kappa shape index (κ1) is 7.52. The second-order valence-corrected chi connectivity index (χ2v) is 2.65. The molecule has 2 atom stereocenters. The molecule has 1 aromatic rings. The molecule has 1 saturated heterocycles. The summed E-state index contributed by atoms with van der Waals surface area (Å²) in [6, 6.07) is 3.21. The first-order valence-corrected chi connectivity index (χ1v) is 3.68. The van der Waals surface area contributed by atoms with Crippen LogP contribution in [-0.4, -0.2) is 18.4 Å². The van der Waals surface area contributed by atoms with Gasteiger partial charge in [-0.15, -0.1) is 0 Å². The van der Waals surface area contributed by atoms with Crippen molar-refractivity contribution in [1.82, 2.24) is 4.98 Å². The molecule has 0 radical (unpaired) electrons. The third-order valence-electron chi connectivity index (χ3n) is 1.82. The van der Waals surface area contributed by atoms with Crippen molar-refractivity contribution in [2.24, 2.45) is 0 Å². The molecule has 0 aliphatic carbocycles. The van der Waals surface area contributed by atoms with Crippen LogP contribution in [0.4, 0.5) is 0 Å². The average molecular weight is 167 g/mol. The van der Waals surface area contributed by atoms with E-state index in [2.05, 4.69) is 4.98 Å². The van der Waals surface area contributed by atoms with Crippen LogP contribution in [-0.2, 0) is 9.47 Å². The highest BCUT2D eigenvalue weighted by molar-refractivity contribution is 5.16. The van der Waals surface area contributed by atoms with E-state index in [1.807, 2.05) is 0 Å². The summed E-state index contributed by atoms with van der Waals surface area (Å²) in [5.74, 6) is 0. The largest absolute Gasteiger partial charge is 0.353 e. The predicted molar refractivity (Wildman–Crippen MR) is 41.7 cm³/mol. The number of aromatic amines is 1. The third kappa shape index (κ3) is 1.26. The molecule has 0 aromatic carbocycles. The average Bonchev–Trinajstić information content (AvgIpc) is 2.85. The number of pyridine rings is 1. The van der Waals surface area contributed by atoms with Gasteiger partial charge in [0.25, 0.3) is 0 Å². The van der Waals surface area contributed by atoms with Crippen molar-refractivity contribution in [3.63, 3.8) is 0 Å². The molecule has 1 aromatic heterocycles. The molecule has 2 unspecified atom stereocenters. The summed E-state index contributed by atoms with van der Waals surface area (Å²) < 4.78 is 10.1. The summed E-state index contributed by atoms with van der Waals surface area (Å²) in [6.07, 6.45) is 1.49. The number of ether oxygens (including phenoxy) is 2. The highest BCUT2D eigenvalue weighted by atomic mass is 16.8. The molecule has 1 aliphatic rings. The maximum Gasteiger partial charge on any atom is 0.247 e. The van der Waals surface area contributed by atoms with E-state index in [1.165, 1.54) is 6.07 Å². The van der Waals surface area contributed by atoms with E-state index in [1.54, 1.807) is 19.4 Å². The highest BCUT2D eigenvalue weighted by Crippen LogP contribution is 2.37. The number of hydrogen-bond donors (Lipinski definition) is 1. The van der Waals surface area contributed by atoms with Gasteiger partial charge in [-0.2, -0.15) is 0 Å². The lowest BCUT2D eigenvalue weighted by Gasteiger charge is -1.92. The quantitative estimate of drug-likeness (QED) is 0.649. The number of hydrogen-bond acceptors (Lipinski definition) is 3. The van der Waals surface area contributed by atoms with E-state index in [9.17, 15) is 4.79 Å². The monoisotopic (exact) mass is 167 g/mol. The fourth-order valence-electron chi connectivity index (χ4n) is 1.11. The smallest absolute Gasteiger partial charge is 0.247 e. The molecular weight excluding hydrogens is 158 g/mol. The molecule has 1 fully saturated rings. The normalized spacial score (nSPS) is 27.1. The fourth-order valence-corrected chi connectivity index (χ4v) is 1.11. The molecule has 0 saturated carbocycles. The Morgan fingerprint density at radius 2 is 2.42 bits per heavy atom. The minimum atomic E-state index is -0.143. The number of rotatable bonds is 2. The highest BCUT2D eigenvalue weighted by Gasteiger charge is 2.40. The van der Waals surface area contributed by atoms with Gasteiger partial charge < -0.3 is 14.5 Å². The zero-order valence-electron chi connectivity index (χ0n) is 6.61. The Hall–Kier alpha value is -1.13. The maximum absolute atomic E-state index is 10.7. The second-order valence-electron chi connectivity index (χ2n) is 2.65. The van der Waals surface area contributed by atoms with Gasteiger partial charge in [0.05, 0.1) is 0 Å². The van der Waals surface area contributed by atoms with Crippen molar-refractivity contribution in [2.75, 3.05) is 7.11 Å². The van der Waals surface area contributed by atoms with Gasteiger partial charge in [0, 0.05) is 24.9 Å². The van der Waals surface area contributed by atoms with Crippen LogP contribution in [0.3, 0.4) is 0 Å². The second kappa shape index (κ2) is 2.73. The van der Waals surface area contributed by atoms with Crippen LogP contribution in [0.5, 0.6) is 0 Å². The Balaban J connectivity index is 2.15. The molecule has 0 bridgehead atoms. The molecule has 0 amide bonds. The predicted octanol–water partition coefficient (Wildman–Crippen LogP) is 0.419. The molecule has 64 valence electrons. The van der Waals surface area contributed by atoms with E-state index in [-0.39, 0.29) is 18.0 Å². The Morgan fingerprint density at radius 3 is 2.92 bits per heavy atom. The van der Waals surface area contributed by atoms with Crippen molar-refractivity contribution in [3.8, 4) is 0 Å². The van der Waals surface area contributed by atoms with E-state index >= 15 is 0 Å². The van der Waals surface area contributed by atoms with Crippen molar-refractivity contribution >= 4 is 0 Å². The molecule has 1 N–H and O–H groups in total. The number of methoxy groups -OCH3 is 1. The Bertz CT molecular complexity index is 313. The van der Waals surface area contributed by atoms with Crippen LogP contribution in [0.15, 0.2) is 23.1 Å². The molecule has 2 rings (SSSR count).